The van der Waals surface area contributed by atoms with E-state index in [1.807, 2.05) is 0 Å². The van der Waals surface area contributed by atoms with Crippen molar-refractivity contribution in [1.82, 2.24) is 0 Å². The molecular weight excluding hydrogens is 264 g/mol. The van der Waals surface area contributed by atoms with Gasteiger partial charge in [-0.25, -0.2) is 8.78 Å². The topological polar surface area (TPSA) is 41.5 Å². The molecule has 1 rings (SSSR count). The van der Waals surface area contributed by atoms with E-state index in [2.05, 4.69) is 12.2 Å². The van der Waals surface area contributed by atoms with E-state index in [9.17, 15) is 13.9 Å². The molecule has 0 saturated carbocycles. The highest BCUT2D eigenvalue weighted by Crippen LogP contribution is 2.14. The average Bonchev–Trinajstić information content (AvgIpc) is 2.41. The van der Waals surface area contributed by atoms with Crippen LogP contribution in [0, 0.1) is 11.6 Å². The number of aliphatic hydroxyl groups excluding tert-OH is 1. The van der Waals surface area contributed by atoms with Gasteiger partial charge >= 0.3 is 0 Å². The van der Waals surface area contributed by atoms with Gasteiger partial charge in [0.1, 0.15) is 11.6 Å². The summed E-state index contributed by atoms with van der Waals surface area (Å²) >= 11 is 0. The van der Waals surface area contributed by atoms with Gasteiger partial charge in [0.15, 0.2) is 0 Å². The highest BCUT2D eigenvalue weighted by Gasteiger charge is 2.07. The van der Waals surface area contributed by atoms with Crippen LogP contribution < -0.4 is 5.32 Å². The molecule has 0 fully saturated rings. The number of ether oxygens (including phenoxy) is 1. The maximum Gasteiger partial charge on any atom is 0.149 e. The third kappa shape index (κ3) is 6.82. The van der Waals surface area contributed by atoms with Crippen LogP contribution in [0.3, 0.4) is 0 Å². The Labute approximate surface area is 119 Å². The maximum absolute atomic E-state index is 13.3. The third-order valence-corrected chi connectivity index (χ3v) is 2.91. The van der Waals surface area contributed by atoms with Gasteiger partial charge in [0.05, 0.1) is 18.4 Å². The molecule has 1 aromatic carbocycles. The zero-order chi connectivity index (χ0) is 14.8. The molecule has 1 aromatic rings. The summed E-state index contributed by atoms with van der Waals surface area (Å²) in [5.41, 5.74) is 0.174. The first kappa shape index (κ1) is 16.9. The lowest BCUT2D eigenvalue weighted by Crippen LogP contribution is -2.25. The van der Waals surface area contributed by atoms with E-state index in [0.29, 0.717) is 6.61 Å². The molecule has 3 nitrogen and oxygen atoms in total. The minimum absolute atomic E-state index is 0.164. The molecule has 1 atom stereocenters. The predicted molar refractivity (Wildman–Crippen MR) is 75.8 cm³/mol. The number of unbranched alkanes of at least 4 members (excludes halogenated alkanes) is 3. The molecule has 20 heavy (non-hydrogen) atoms. The van der Waals surface area contributed by atoms with Gasteiger partial charge in [0.25, 0.3) is 0 Å². The van der Waals surface area contributed by atoms with Crippen LogP contribution in [0.15, 0.2) is 18.2 Å². The van der Waals surface area contributed by atoms with Crippen molar-refractivity contribution in [3.8, 4) is 0 Å². The summed E-state index contributed by atoms with van der Waals surface area (Å²) in [4.78, 5) is 0. The van der Waals surface area contributed by atoms with Gasteiger partial charge < -0.3 is 15.2 Å². The Hall–Kier alpha value is -1.20. The zero-order valence-corrected chi connectivity index (χ0v) is 11.9. The molecule has 0 amide bonds. The molecule has 114 valence electrons. The second kappa shape index (κ2) is 9.66. The number of benzene rings is 1. The van der Waals surface area contributed by atoms with E-state index < -0.39 is 17.7 Å². The normalized spacial score (nSPS) is 12.4. The van der Waals surface area contributed by atoms with Crippen LogP contribution in [0.4, 0.5) is 14.5 Å². The maximum atomic E-state index is 13.3. The molecule has 0 bridgehead atoms. The van der Waals surface area contributed by atoms with Crippen LogP contribution >= 0.6 is 0 Å². The first-order valence-corrected chi connectivity index (χ1v) is 7.08. The van der Waals surface area contributed by atoms with Crippen LogP contribution in [0.1, 0.15) is 32.6 Å². The van der Waals surface area contributed by atoms with Crippen molar-refractivity contribution in [1.29, 1.82) is 0 Å². The molecule has 0 spiro atoms. The number of anilines is 1. The van der Waals surface area contributed by atoms with Crippen LogP contribution in [0.25, 0.3) is 0 Å². The summed E-state index contributed by atoms with van der Waals surface area (Å²) in [5.74, 6) is -1.29. The summed E-state index contributed by atoms with van der Waals surface area (Å²) in [6.07, 6.45) is 3.77. The second-order valence-electron chi connectivity index (χ2n) is 4.79. The van der Waals surface area contributed by atoms with Gasteiger partial charge in [-0.2, -0.15) is 0 Å². The molecule has 0 aliphatic rings. The van der Waals surface area contributed by atoms with Crippen molar-refractivity contribution in [2.45, 2.75) is 38.7 Å². The Kier molecular flexibility index (Phi) is 8.14. The Morgan fingerprint density at radius 2 is 2.05 bits per heavy atom. The van der Waals surface area contributed by atoms with Gasteiger partial charge in [-0.1, -0.05) is 26.2 Å². The molecule has 0 saturated heterocycles. The summed E-state index contributed by atoms with van der Waals surface area (Å²) in [6, 6.07) is 3.28. The van der Waals surface area contributed by atoms with Crippen molar-refractivity contribution >= 4 is 5.69 Å². The molecule has 0 aliphatic heterocycles. The Bertz CT molecular complexity index is 388. The molecule has 0 aliphatic carbocycles. The molecule has 0 radical (unpaired) electrons. The molecule has 5 heteroatoms. The second-order valence-corrected chi connectivity index (χ2v) is 4.79. The predicted octanol–water partition coefficient (Wildman–Crippen LogP) is 3.33. The number of rotatable bonds is 10. The van der Waals surface area contributed by atoms with E-state index in [4.69, 9.17) is 4.74 Å². The summed E-state index contributed by atoms with van der Waals surface area (Å²) in [5, 5.41) is 12.4. The minimum atomic E-state index is -0.717. The average molecular weight is 287 g/mol. The van der Waals surface area contributed by atoms with Crippen LogP contribution in [0.5, 0.6) is 0 Å². The largest absolute Gasteiger partial charge is 0.389 e. The highest BCUT2D eigenvalue weighted by atomic mass is 19.1. The molecule has 1 unspecified atom stereocenters. The van der Waals surface area contributed by atoms with E-state index in [0.717, 1.165) is 18.9 Å². The number of aliphatic hydroxyl groups is 1. The Morgan fingerprint density at radius 1 is 1.25 bits per heavy atom. The fourth-order valence-electron chi connectivity index (χ4n) is 1.77. The lowest BCUT2D eigenvalue weighted by molar-refractivity contribution is 0.0416. The van der Waals surface area contributed by atoms with Crippen molar-refractivity contribution < 1.29 is 18.6 Å². The Balaban J connectivity index is 2.14. The molecule has 0 aromatic heterocycles. The minimum Gasteiger partial charge on any atom is -0.389 e. The quantitative estimate of drug-likeness (QED) is 0.649. The highest BCUT2D eigenvalue weighted by molar-refractivity contribution is 5.44. The smallest absolute Gasteiger partial charge is 0.149 e. The zero-order valence-electron chi connectivity index (χ0n) is 11.9. The first-order chi connectivity index (χ1) is 9.63. The summed E-state index contributed by atoms with van der Waals surface area (Å²) in [7, 11) is 0. The summed E-state index contributed by atoms with van der Waals surface area (Å²) in [6.45, 7) is 3.15. The Morgan fingerprint density at radius 3 is 2.75 bits per heavy atom. The van der Waals surface area contributed by atoms with Crippen LogP contribution in [0.2, 0.25) is 0 Å². The van der Waals surface area contributed by atoms with E-state index in [1.54, 1.807) is 0 Å². The van der Waals surface area contributed by atoms with E-state index in [1.165, 1.54) is 25.0 Å². The number of halogens is 2. The van der Waals surface area contributed by atoms with E-state index in [-0.39, 0.29) is 18.8 Å². The first-order valence-electron chi connectivity index (χ1n) is 7.08. The lowest BCUT2D eigenvalue weighted by atomic mass is 10.2. The van der Waals surface area contributed by atoms with Gasteiger partial charge in [-0.3, -0.25) is 0 Å². The van der Waals surface area contributed by atoms with E-state index >= 15 is 0 Å². The standard InChI is InChI=1S/C15H23F2NO2/c1-2-3-4-5-8-20-11-13(19)10-18-15-7-6-12(16)9-14(15)17/h6-7,9,13,18-19H,2-5,8,10-11H2,1H3. The molecular formula is C15H23F2NO2. The van der Waals surface area contributed by atoms with Crippen LogP contribution in [-0.4, -0.2) is 31.0 Å². The van der Waals surface area contributed by atoms with Gasteiger partial charge in [0.2, 0.25) is 0 Å². The van der Waals surface area contributed by atoms with Crippen molar-refractivity contribution in [2.75, 3.05) is 25.1 Å². The third-order valence-electron chi connectivity index (χ3n) is 2.91. The van der Waals surface area contributed by atoms with Crippen molar-refractivity contribution in [2.24, 2.45) is 0 Å². The van der Waals surface area contributed by atoms with Gasteiger partial charge in [-0.05, 0) is 18.6 Å². The molecule has 2 N–H and O–H groups in total. The number of hydrogen-bond acceptors (Lipinski definition) is 3. The van der Waals surface area contributed by atoms with Gasteiger partial charge in [0, 0.05) is 19.2 Å². The van der Waals surface area contributed by atoms with Crippen molar-refractivity contribution in [3.05, 3.63) is 29.8 Å². The SMILES string of the molecule is CCCCCCOCC(O)CNc1ccc(F)cc1F. The summed E-state index contributed by atoms with van der Waals surface area (Å²) < 4.78 is 31.3. The number of hydrogen-bond donors (Lipinski definition) is 2. The molecule has 0 heterocycles. The van der Waals surface area contributed by atoms with Crippen molar-refractivity contribution in [3.63, 3.8) is 0 Å². The monoisotopic (exact) mass is 287 g/mol. The fourth-order valence-corrected chi connectivity index (χ4v) is 1.77. The fraction of sp³-hybridized carbons (Fsp3) is 0.600. The number of nitrogens with one attached hydrogen (secondary N) is 1. The van der Waals surface area contributed by atoms with Gasteiger partial charge in [-0.15, -0.1) is 0 Å². The lowest BCUT2D eigenvalue weighted by Gasteiger charge is -2.13. The van der Waals surface area contributed by atoms with Crippen LogP contribution in [-0.2, 0) is 4.74 Å².